The molecular formula is C17H28N2O. The number of benzene rings is 1. The molecular weight excluding hydrogens is 248 g/mol. The molecule has 1 aromatic rings. The molecule has 112 valence electrons. The molecule has 0 atom stereocenters. The van der Waals surface area contributed by atoms with Gasteiger partial charge in [0.15, 0.2) is 0 Å². The van der Waals surface area contributed by atoms with Gasteiger partial charge in [-0.05, 0) is 51.3 Å². The molecule has 1 aromatic carbocycles. The monoisotopic (exact) mass is 276 g/mol. The van der Waals surface area contributed by atoms with E-state index < -0.39 is 0 Å². The summed E-state index contributed by atoms with van der Waals surface area (Å²) in [7, 11) is 0. The van der Waals surface area contributed by atoms with Crippen LogP contribution in [0.25, 0.3) is 0 Å². The Balaban J connectivity index is 2.41. The van der Waals surface area contributed by atoms with Crippen molar-refractivity contribution in [1.29, 1.82) is 0 Å². The average Bonchev–Trinajstić information content (AvgIpc) is 2.24. The summed E-state index contributed by atoms with van der Waals surface area (Å²) in [6.45, 7) is 14.5. The largest absolute Gasteiger partial charge is 0.484 e. The summed E-state index contributed by atoms with van der Waals surface area (Å²) in [4.78, 5) is 2.37. The molecule has 0 saturated heterocycles. The van der Waals surface area contributed by atoms with Gasteiger partial charge in [0.05, 0.1) is 12.2 Å². The van der Waals surface area contributed by atoms with Crippen LogP contribution in [0.5, 0.6) is 5.75 Å². The maximum atomic E-state index is 6.23. The Morgan fingerprint density at radius 3 is 2.55 bits per heavy atom. The molecule has 0 unspecified atom stereocenters. The lowest BCUT2D eigenvalue weighted by atomic mass is 9.97. The van der Waals surface area contributed by atoms with Gasteiger partial charge < -0.3 is 15.4 Å². The first-order valence-corrected chi connectivity index (χ1v) is 7.44. The van der Waals surface area contributed by atoms with Crippen molar-refractivity contribution < 1.29 is 4.74 Å². The van der Waals surface area contributed by atoms with Crippen molar-refractivity contribution in [3.8, 4) is 5.75 Å². The van der Waals surface area contributed by atoms with Gasteiger partial charge in [-0.1, -0.05) is 19.9 Å². The zero-order valence-corrected chi connectivity index (χ0v) is 13.7. The van der Waals surface area contributed by atoms with Gasteiger partial charge in [-0.3, -0.25) is 0 Å². The van der Waals surface area contributed by atoms with Crippen LogP contribution in [0, 0.1) is 0 Å². The zero-order chi connectivity index (χ0) is 15.1. The van der Waals surface area contributed by atoms with Crippen molar-refractivity contribution in [2.24, 2.45) is 5.73 Å². The summed E-state index contributed by atoms with van der Waals surface area (Å²) in [6.07, 6.45) is 0. The van der Waals surface area contributed by atoms with E-state index in [1.165, 1.54) is 11.3 Å². The van der Waals surface area contributed by atoms with Crippen molar-refractivity contribution in [1.82, 2.24) is 0 Å². The smallest absolute Gasteiger partial charge is 0.143 e. The summed E-state index contributed by atoms with van der Waals surface area (Å²) >= 11 is 0. The van der Waals surface area contributed by atoms with E-state index in [-0.39, 0.29) is 11.1 Å². The van der Waals surface area contributed by atoms with E-state index in [1.54, 1.807) is 0 Å². The molecule has 20 heavy (non-hydrogen) atoms. The minimum absolute atomic E-state index is 0.183. The second-order valence-electron chi connectivity index (χ2n) is 7.59. The molecule has 0 bridgehead atoms. The molecule has 0 fully saturated rings. The van der Waals surface area contributed by atoms with Gasteiger partial charge in [-0.25, -0.2) is 0 Å². The number of nitrogens with zero attached hydrogens (tertiary/aromatic N) is 1. The van der Waals surface area contributed by atoms with Crippen LogP contribution in [0.15, 0.2) is 18.2 Å². The average molecular weight is 276 g/mol. The zero-order valence-electron chi connectivity index (χ0n) is 13.7. The van der Waals surface area contributed by atoms with Gasteiger partial charge >= 0.3 is 0 Å². The van der Waals surface area contributed by atoms with Crippen molar-refractivity contribution in [3.05, 3.63) is 23.8 Å². The fourth-order valence-electron chi connectivity index (χ4n) is 2.73. The van der Waals surface area contributed by atoms with Gasteiger partial charge in [0, 0.05) is 12.1 Å². The highest BCUT2D eigenvalue weighted by Crippen LogP contribution is 2.39. The summed E-state index contributed by atoms with van der Waals surface area (Å²) in [5.74, 6) is 1.48. The highest BCUT2D eigenvalue weighted by atomic mass is 16.5. The van der Waals surface area contributed by atoms with Gasteiger partial charge in [-0.15, -0.1) is 0 Å². The number of fused-ring (bicyclic) bond motifs is 1. The van der Waals surface area contributed by atoms with Crippen molar-refractivity contribution in [2.45, 2.75) is 58.6 Å². The lowest BCUT2D eigenvalue weighted by Gasteiger charge is -2.43. The molecule has 0 aromatic heterocycles. The number of hydrogen-bond donors (Lipinski definition) is 1. The van der Waals surface area contributed by atoms with Gasteiger partial charge in [-0.2, -0.15) is 0 Å². The Hall–Kier alpha value is -1.22. The topological polar surface area (TPSA) is 38.5 Å². The number of anilines is 1. The first-order valence-electron chi connectivity index (χ1n) is 7.44. The van der Waals surface area contributed by atoms with Crippen LogP contribution in [-0.2, 0) is 0 Å². The molecule has 0 spiro atoms. The molecule has 3 nitrogen and oxygen atoms in total. The third kappa shape index (κ3) is 3.45. The molecule has 1 aliphatic heterocycles. The van der Waals surface area contributed by atoms with Crippen LogP contribution in [0.4, 0.5) is 5.69 Å². The lowest BCUT2D eigenvalue weighted by Crippen LogP contribution is -2.53. The standard InChI is InChI=1S/C17H28N2O/c1-12(2)13-7-8-15-14(9-13)19(10-16(3,4)18)11-17(5,6)20-15/h7-9,12H,10-11,18H2,1-6H3. The van der Waals surface area contributed by atoms with Gasteiger partial charge in [0.2, 0.25) is 0 Å². The number of ether oxygens (including phenoxy) is 1. The Morgan fingerprint density at radius 2 is 2.00 bits per heavy atom. The Kier molecular flexibility index (Phi) is 3.76. The Labute approximate surface area is 123 Å². The van der Waals surface area contributed by atoms with Crippen LogP contribution in [0.3, 0.4) is 0 Å². The molecule has 0 radical (unpaired) electrons. The SMILES string of the molecule is CC(C)c1ccc2c(c1)N(CC(C)(C)N)CC(C)(C)O2. The lowest BCUT2D eigenvalue weighted by molar-refractivity contribution is 0.103. The van der Waals surface area contributed by atoms with Crippen LogP contribution in [-0.4, -0.2) is 24.2 Å². The van der Waals surface area contributed by atoms with Crippen LogP contribution < -0.4 is 15.4 Å². The predicted molar refractivity (Wildman–Crippen MR) is 85.7 cm³/mol. The number of rotatable bonds is 3. The van der Waals surface area contributed by atoms with E-state index in [0.29, 0.717) is 5.92 Å². The Morgan fingerprint density at radius 1 is 1.35 bits per heavy atom. The summed E-state index contributed by atoms with van der Waals surface area (Å²) in [6, 6.07) is 6.51. The van der Waals surface area contributed by atoms with Crippen molar-refractivity contribution in [2.75, 3.05) is 18.0 Å². The van der Waals surface area contributed by atoms with Gasteiger partial charge in [0.1, 0.15) is 11.4 Å². The molecule has 2 rings (SSSR count). The quantitative estimate of drug-likeness (QED) is 0.918. The molecule has 0 saturated carbocycles. The predicted octanol–water partition coefficient (Wildman–Crippen LogP) is 3.52. The fraction of sp³-hybridized carbons (Fsp3) is 0.647. The fourth-order valence-corrected chi connectivity index (χ4v) is 2.73. The van der Waals surface area contributed by atoms with Crippen molar-refractivity contribution in [3.63, 3.8) is 0 Å². The van der Waals surface area contributed by atoms with E-state index in [1.807, 2.05) is 0 Å². The highest BCUT2D eigenvalue weighted by molar-refractivity contribution is 5.62. The second kappa shape index (κ2) is 4.96. The highest BCUT2D eigenvalue weighted by Gasteiger charge is 2.33. The van der Waals surface area contributed by atoms with E-state index in [0.717, 1.165) is 18.8 Å². The Bertz CT molecular complexity index is 486. The minimum atomic E-state index is -0.224. The molecule has 2 N–H and O–H groups in total. The van der Waals surface area contributed by atoms with E-state index in [2.05, 4.69) is 64.6 Å². The molecule has 1 heterocycles. The van der Waals surface area contributed by atoms with Crippen LogP contribution in [0.2, 0.25) is 0 Å². The van der Waals surface area contributed by atoms with E-state index in [4.69, 9.17) is 10.5 Å². The maximum absolute atomic E-state index is 6.23. The number of nitrogens with two attached hydrogens (primary N) is 1. The van der Waals surface area contributed by atoms with Crippen molar-refractivity contribution >= 4 is 5.69 Å². The molecule has 3 heteroatoms. The molecule has 0 aliphatic carbocycles. The summed E-state index contributed by atoms with van der Waals surface area (Å²) in [5, 5.41) is 0. The summed E-state index contributed by atoms with van der Waals surface area (Å²) < 4.78 is 6.12. The second-order valence-corrected chi connectivity index (χ2v) is 7.59. The first-order chi connectivity index (χ1) is 9.07. The van der Waals surface area contributed by atoms with Gasteiger partial charge in [0.25, 0.3) is 0 Å². The van der Waals surface area contributed by atoms with E-state index >= 15 is 0 Å². The minimum Gasteiger partial charge on any atom is -0.484 e. The number of hydrogen-bond acceptors (Lipinski definition) is 3. The van der Waals surface area contributed by atoms with E-state index in [9.17, 15) is 0 Å². The first kappa shape index (κ1) is 15.2. The third-order valence-corrected chi connectivity index (χ3v) is 3.55. The van der Waals surface area contributed by atoms with Crippen LogP contribution >= 0.6 is 0 Å². The maximum Gasteiger partial charge on any atom is 0.143 e. The normalized spacial score (nSPS) is 17.9. The molecule has 1 aliphatic rings. The molecule has 0 amide bonds. The summed E-state index contributed by atoms with van der Waals surface area (Å²) in [5.41, 5.74) is 8.34. The van der Waals surface area contributed by atoms with Crippen LogP contribution in [0.1, 0.15) is 53.0 Å². The third-order valence-electron chi connectivity index (χ3n) is 3.55.